The fourth-order valence-electron chi connectivity index (χ4n) is 4.60. The molecule has 1 heterocycles. The molecule has 1 aromatic carbocycles. The van der Waals surface area contributed by atoms with Gasteiger partial charge in [0.05, 0.1) is 5.92 Å². The number of aliphatic carboxylic acids is 1. The van der Waals surface area contributed by atoms with E-state index >= 15 is 0 Å². The van der Waals surface area contributed by atoms with Crippen LogP contribution >= 0.6 is 0 Å². The number of carboxylic acids is 1. The molecule has 136 valence electrons. The number of amides is 2. The predicted molar refractivity (Wildman–Crippen MR) is 98.1 cm³/mol. The summed E-state index contributed by atoms with van der Waals surface area (Å²) in [4.78, 5) is 25.2. The van der Waals surface area contributed by atoms with Crippen molar-refractivity contribution in [1.29, 1.82) is 0 Å². The maximum absolute atomic E-state index is 12.5. The molecule has 2 aliphatic rings. The summed E-state index contributed by atoms with van der Waals surface area (Å²) in [6.07, 6.45) is 2.14. The molecule has 2 N–H and O–H groups in total. The molecule has 1 fully saturated rings. The van der Waals surface area contributed by atoms with E-state index in [0.29, 0.717) is 25.9 Å². The van der Waals surface area contributed by atoms with Crippen molar-refractivity contribution in [1.82, 2.24) is 4.90 Å². The Balaban J connectivity index is 1.71. The Labute approximate surface area is 149 Å². The molecule has 5 heteroatoms. The second kappa shape index (κ2) is 6.04. The largest absolute Gasteiger partial charge is 0.481 e. The van der Waals surface area contributed by atoms with E-state index in [1.165, 1.54) is 11.1 Å². The van der Waals surface area contributed by atoms with Crippen molar-refractivity contribution in [2.24, 2.45) is 5.92 Å². The number of nitrogens with zero attached hydrogens (tertiary/aromatic N) is 1. The minimum Gasteiger partial charge on any atom is -0.481 e. The van der Waals surface area contributed by atoms with E-state index in [2.05, 4.69) is 45.1 Å². The standard InChI is InChI=1S/C20H28N2O3/c1-19(2)12-20(3,4)16-11-14(5-6-15(16)19)21-18(25)22-9-7-13(8-10-22)17(23)24/h5-6,11,13H,7-10,12H2,1-4H3,(H,21,25)(H,23,24). The fourth-order valence-corrected chi connectivity index (χ4v) is 4.60. The molecule has 1 aromatic rings. The van der Waals surface area contributed by atoms with E-state index in [1.807, 2.05) is 6.07 Å². The highest BCUT2D eigenvalue weighted by Crippen LogP contribution is 2.49. The van der Waals surface area contributed by atoms with Crippen molar-refractivity contribution in [3.63, 3.8) is 0 Å². The predicted octanol–water partition coefficient (Wildman–Crippen LogP) is 3.97. The van der Waals surface area contributed by atoms with Crippen molar-refractivity contribution < 1.29 is 14.7 Å². The van der Waals surface area contributed by atoms with Gasteiger partial charge in [-0.25, -0.2) is 4.79 Å². The molecule has 1 aliphatic carbocycles. The van der Waals surface area contributed by atoms with Gasteiger partial charge in [0.2, 0.25) is 0 Å². The average Bonchev–Trinajstić information content (AvgIpc) is 2.72. The number of likely N-dealkylation sites (tertiary alicyclic amines) is 1. The average molecular weight is 344 g/mol. The first-order valence-corrected chi connectivity index (χ1v) is 9.04. The minimum atomic E-state index is -0.761. The Kier molecular flexibility index (Phi) is 4.30. The lowest BCUT2D eigenvalue weighted by molar-refractivity contribution is -0.143. The zero-order valence-electron chi connectivity index (χ0n) is 15.6. The number of rotatable bonds is 2. The van der Waals surface area contributed by atoms with Crippen molar-refractivity contribution in [3.8, 4) is 0 Å². The lowest BCUT2D eigenvalue weighted by atomic mass is 9.82. The van der Waals surface area contributed by atoms with E-state index in [1.54, 1.807) is 4.90 Å². The van der Waals surface area contributed by atoms with Crippen LogP contribution in [0, 0.1) is 5.92 Å². The van der Waals surface area contributed by atoms with Gasteiger partial charge < -0.3 is 15.3 Å². The van der Waals surface area contributed by atoms with Gasteiger partial charge in [-0.3, -0.25) is 4.79 Å². The normalized spacial score (nSPS) is 21.7. The van der Waals surface area contributed by atoms with Gasteiger partial charge in [-0.15, -0.1) is 0 Å². The van der Waals surface area contributed by atoms with E-state index in [9.17, 15) is 9.59 Å². The highest BCUT2D eigenvalue weighted by Gasteiger charge is 2.41. The van der Waals surface area contributed by atoms with Crippen LogP contribution in [0.5, 0.6) is 0 Å². The molecular formula is C20H28N2O3. The molecule has 25 heavy (non-hydrogen) atoms. The van der Waals surface area contributed by atoms with Crippen molar-refractivity contribution in [2.45, 2.75) is 57.8 Å². The van der Waals surface area contributed by atoms with Crippen LogP contribution in [0.4, 0.5) is 10.5 Å². The molecule has 0 unspecified atom stereocenters. The monoisotopic (exact) mass is 344 g/mol. The first-order chi connectivity index (χ1) is 11.6. The van der Waals surface area contributed by atoms with Crippen LogP contribution in [0.15, 0.2) is 18.2 Å². The van der Waals surface area contributed by atoms with Gasteiger partial charge >= 0.3 is 12.0 Å². The molecule has 1 saturated heterocycles. The fraction of sp³-hybridized carbons (Fsp3) is 0.600. The van der Waals surface area contributed by atoms with E-state index in [0.717, 1.165) is 12.1 Å². The summed E-state index contributed by atoms with van der Waals surface area (Å²) in [6, 6.07) is 6.07. The highest BCUT2D eigenvalue weighted by molar-refractivity contribution is 5.89. The second-order valence-corrected chi connectivity index (χ2v) is 8.73. The van der Waals surface area contributed by atoms with Crippen LogP contribution in [0.2, 0.25) is 0 Å². The second-order valence-electron chi connectivity index (χ2n) is 8.73. The summed E-state index contributed by atoms with van der Waals surface area (Å²) in [5.74, 6) is -1.09. The topological polar surface area (TPSA) is 69.6 Å². The first-order valence-electron chi connectivity index (χ1n) is 9.04. The van der Waals surface area contributed by atoms with Crippen molar-refractivity contribution in [3.05, 3.63) is 29.3 Å². The lowest BCUT2D eigenvalue weighted by Crippen LogP contribution is -2.42. The molecule has 0 atom stereocenters. The molecule has 0 aromatic heterocycles. The number of carbonyl (C=O) groups excluding carboxylic acids is 1. The van der Waals surface area contributed by atoms with Crippen LogP contribution in [0.3, 0.4) is 0 Å². The van der Waals surface area contributed by atoms with Crippen molar-refractivity contribution >= 4 is 17.7 Å². The van der Waals surface area contributed by atoms with Gasteiger partial charge in [0.15, 0.2) is 0 Å². The quantitative estimate of drug-likeness (QED) is 0.853. The summed E-state index contributed by atoms with van der Waals surface area (Å²) in [5, 5.41) is 12.1. The van der Waals surface area contributed by atoms with Gasteiger partial charge in [-0.1, -0.05) is 33.8 Å². The number of fused-ring (bicyclic) bond motifs is 1. The van der Waals surface area contributed by atoms with Crippen LogP contribution in [-0.2, 0) is 15.6 Å². The zero-order valence-corrected chi connectivity index (χ0v) is 15.6. The van der Waals surface area contributed by atoms with Gasteiger partial charge in [0, 0.05) is 18.8 Å². The molecule has 1 aliphatic heterocycles. The minimum absolute atomic E-state index is 0.0966. The molecule has 5 nitrogen and oxygen atoms in total. The Bertz CT molecular complexity index is 701. The lowest BCUT2D eigenvalue weighted by Gasteiger charge is -2.30. The number of hydrogen-bond acceptors (Lipinski definition) is 2. The summed E-state index contributed by atoms with van der Waals surface area (Å²) in [7, 11) is 0. The number of hydrogen-bond donors (Lipinski definition) is 2. The van der Waals surface area contributed by atoms with E-state index < -0.39 is 5.97 Å². The Morgan fingerprint density at radius 2 is 1.68 bits per heavy atom. The number of carbonyl (C=O) groups is 2. The van der Waals surface area contributed by atoms with Gasteiger partial charge in [0.25, 0.3) is 0 Å². The molecule has 2 amide bonds. The summed E-state index contributed by atoms with van der Waals surface area (Å²) in [5.41, 5.74) is 3.73. The summed E-state index contributed by atoms with van der Waals surface area (Å²) < 4.78 is 0. The summed E-state index contributed by atoms with van der Waals surface area (Å²) in [6.45, 7) is 10.0. The third kappa shape index (κ3) is 3.37. The highest BCUT2D eigenvalue weighted by atomic mass is 16.4. The maximum atomic E-state index is 12.5. The Morgan fingerprint density at radius 1 is 1.08 bits per heavy atom. The molecule has 0 saturated carbocycles. The van der Waals surface area contributed by atoms with Gasteiger partial charge in [-0.2, -0.15) is 0 Å². The summed E-state index contributed by atoms with van der Waals surface area (Å²) >= 11 is 0. The molecule has 3 rings (SSSR count). The molecular weight excluding hydrogens is 316 g/mol. The van der Waals surface area contributed by atoms with Crippen LogP contribution in [0.25, 0.3) is 0 Å². The van der Waals surface area contributed by atoms with E-state index in [4.69, 9.17) is 5.11 Å². The third-order valence-corrected chi connectivity index (χ3v) is 5.74. The molecule has 0 bridgehead atoms. The Morgan fingerprint density at radius 3 is 2.28 bits per heavy atom. The van der Waals surface area contributed by atoms with Crippen molar-refractivity contribution in [2.75, 3.05) is 18.4 Å². The van der Waals surface area contributed by atoms with Gasteiger partial charge in [-0.05, 0) is 53.4 Å². The number of anilines is 1. The van der Waals surface area contributed by atoms with Crippen LogP contribution < -0.4 is 5.32 Å². The SMILES string of the molecule is CC1(C)CC(C)(C)c2cc(NC(=O)N3CCC(C(=O)O)CC3)ccc21. The van der Waals surface area contributed by atoms with Crippen LogP contribution in [-0.4, -0.2) is 35.1 Å². The number of urea groups is 1. The number of carboxylic acid groups (broad SMARTS) is 1. The third-order valence-electron chi connectivity index (χ3n) is 5.74. The zero-order chi connectivity index (χ0) is 18.4. The van der Waals surface area contributed by atoms with Crippen LogP contribution in [0.1, 0.15) is 58.1 Å². The number of nitrogens with one attached hydrogen (secondary N) is 1. The van der Waals surface area contributed by atoms with E-state index in [-0.39, 0.29) is 22.8 Å². The maximum Gasteiger partial charge on any atom is 0.321 e. The van der Waals surface area contributed by atoms with Gasteiger partial charge in [0.1, 0.15) is 0 Å². The molecule has 0 spiro atoms. The molecule has 0 radical (unpaired) electrons. The number of piperidine rings is 1. The number of benzene rings is 1. The first kappa shape index (κ1) is 17.8. The smallest absolute Gasteiger partial charge is 0.321 e. The Hall–Kier alpha value is -2.04.